The van der Waals surface area contributed by atoms with E-state index in [1.165, 1.54) is 12.8 Å². The summed E-state index contributed by atoms with van der Waals surface area (Å²) >= 11 is 5.62. The number of rotatable bonds is 9. The van der Waals surface area contributed by atoms with E-state index in [0.717, 1.165) is 37.5 Å². The molecule has 0 aromatic carbocycles. The van der Waals surface area contributed by atoms with Gasteiger partial charge in [0.15, 0.2) is 0 Å². The number of nitrogens with one attached hydrogen (secondary N) is 1. The molecule has 0 bridgehead atoms. The van der Waals surface area contributed by atoms with Crippen LogP contribution in [0.4, 0.5) is 0 Å². The quantitative estimate of drug-likeness (QED) is 0.543. The Labute approximate surface area is 110 Å². The highest BCUT2D eigenvalue weighted by Crippen LogP contribution is 2.08. The smallest absolute Gasteiger partial charge is 0.0762 e. The van der Waals surface area contributed by atoms with E-state index in [1.54, 1.807) is 0 Å². The van der Waals surface area contributed by atoms with Crippen LogP contribution in [-0.4, -0.2) is 22.2 Å². The van der Waals surface area contributed by atoms with Crippen molar-refractivity contribution in [1.29, 1.82) is 0 Å². The van der Waals surface area contributed by atoms with Gasteiger partial charge in [-0.1, -0.05) is 13.3 Å². The Hall–Kier alpha value is -0.540. The van der Waals surface area contributed by atoms with Gasteiger partial charge in [-0.05, 0) is 38.8 Å². The summed E-state index contributed by atoms with van der Waals surface area (Å²) in [6.45, 7) is 6.29. The summed E-state index contributed by atoms with van der Waals surface area (Å²) in [6.07, 6.45) is 6.70. The maximum atomic E-state index is 5.62. The number of hydrogen-bond donors (Lipinski definition) is 1. The van der Waals surface area contributed by atoms with E-state index < -0.39 is 0 Å². The predicted molar refractivity (Wildman–Crippen MR) is 73.5 cm³/mol. The molecule has 4 heteroatoms. The summed E-state index contributed by atoms with van der Waals surface area (Å²) in [4.78, 5) is 0. The van der Waals surface area contributed by atoms with Crippen molar-refractivity contribution in [3.8, 4) is 0 Å². The molecule has 1 rings (SSSR count). The molecule has 1 heterocycles. The molecule has 1 unspecified atom stereocenters. The zero-order chi connectivity index (χ0) is 12.5. The molecule has 0 fully saturated rings. The summed E-state index contributed by atoms with van der Waals surface area (Å²) in [5, 5.41) is 7.96. The Morgan fingerprint density at radius 1 is 1.41 bits per heavy atom. The summed E-state index contributed by atoms with van der Waals surface area (Å²) in [7, 11) is 0. The summed E-state index contributed by atoms with van der Waals surface area (Å²) in [5.41, 5.74) is 1.13. The van der Waals surface area contributed by atoms with E-state index in [1.807, 2.05) is 4.68 Å². The summed E-state index contributed by atoms with van der Waals surface area (Å²) in [6, 6.07) is 2.59. The molecule has 98 valence electrons. The number of halogens is 1. The fourth-order valence-electron chi connectivity index (χ4n) is 1.64. The molecule has 1 aromatic heterocycles. The first-order chi connectivity index (χ1) is 8.27. The molecular weight excluding hydrogens is 234 g/mol. The topological polar surface area (TPSA) is 29.9 Å². The zero-order valence-electron chi connectivity index (χ0n) is 11.0. The van der Waals surface area contributed by atoms with Crippen molar-refractivity contribution in [2.24, 2.45) is 0 Å². The lowest BCUT2D eigenvalue weighted by Gasteiger charge is -2.08. The third-order valence-electron chi connectivity index (χ3n) is 3.00. The number of unbranched alkanes of at least 4 members (excludes halogenated alkanes) is 2. The molecule has 0 aliphatic rings. The Kier molecular flexibility index (Phi) is 7.29. The molecule has 0 saturated heterocycles. The van der Waals surface area contributed by atoms with Gasteiger partial charge in [0.2, 0.25) is 0 Å². The number of alkyl halides is 1. The van der Waals surface area contributed by atoms with Gasteiger partial charge in [-0.2, -0.15) is 5.10 Å². The summed E-state index contributed by atoms with van der Waals surface area (Å²) < 4.78 is 2.05. The molecular formula is C13H24ClN3. The third-order valence-corrected chi connectivity index (χ3v) is 3.27. The van der Waals surface area contributed by atoms with Crippen LogP contribution in [0.1, 0.15) is 51.3 Å². The maximum absolute atomic E-state index is 5.62. The molecule has 0 radical (unpaired) electrons. The normalized spacial score (nSPS) is 12.9. The molecule has 3 nitrogen and oxygen atoms in total. The molecule has 0 aliphatic heterocycles. The average Bonchev–Trinajstić information content (AvgIpc) is 2.81. The van der Waals surface area contributed by atoms with Gasteiger partial charge >= 0.3 is 0 Å². The molecule has 17 heavy (non-hydrogen) atoms. The highest BCUT2D eigenvalue weighted by molar-refractivity contribution is 6.17. The van der Waals surface area contributed by atoms with Gasteiger partial charge in [-0.25, -0.2) is 0 Å². The van der Waals surface area contributed by atoms with Crippen molar-refractivity contribution in [3.05, 3.63) is 18.0 Å². The Bertz CT molecular complexity index is 299. The van der Waals surface area contributed by atoms with E-state index in [9.17, 15) is 0 Å². The highest BCUT2D eigenvalue weighted by Gasteiger charge is 2.03. The van der Waals surface area contributed by atoms with Crippen LogP contribution in [0, 0.1) is 0 Å². The van der Waals surface area contributed by atoms with E-state index >= 15 is 0 Å². The van der Waals surface area contributed by atoms with E-state index in [-0.39, 0.29) is 0 Å². The second-order valence-electron chi connectivity index (χ2n) is 4.47. The van der Waals surface area contributed by atoms with Gasteiger partial charge in [0, 0.05) is 24.7 Å². The first kappa shape index (κ1) is 14.5. The van der Waals surface area contributed by atoms with Crippen molar-refractivity contribution in [2.75, 3.05) is 12.4 Å². The molecule has 0 spiro atoms. The lowest BCUT2D eigenvalue weighted by molar-refractivity contribution is 0.471. The zero-order valence-corrected chi connectivity index (χ0v) is 11.7. The minimum absolute atomic E-state index is 0.493. The largest absolute Gasteiger partial charge is 0.311 e. The van der Waals surface area contributed by atoms with E-state index in [2.05, 4.69) is 36.5 Å². The van der Waals surface area contributed by atoms with Gasteiger partial charge in [0.05, 0.1) is 5.69 Å². The van der Waals surface area contributed by atoms with Crippen LogP contribution in [0.15, 0.2) is 12.3 Å². The molecule has 1 aromatic rings. The van der Waals surface area contributed by atoms with Crippen molar-refractivity contribution < 1.29 is 0 Å². The third kappa shape index (κ3) is 5.55. The van der Waals surface area contributed by atoms with Gasteiger partial charge in [-0.15, -0.1) is 11.6 Å². The van der Waals surface area contributed by atoms with Crippen LogP contribution >= 0.6 is 11.6 Å². The maximum Gasteiger partial charge on any atom is 0.0762 e. The SMILES string of the molecule is CCC(C)n1ccc(CNCCCCCCl)n1. The van der Waals surface area contributed by atoms with Crippen molar-refractivity contribution in [3.63, 3.8) is 0 Å². The number of aromatic nitrogens is 2. The second-order valence-corrected chi connectivity index (χ2v) is 4.85. The Morgan fingerprint density at radius 2 is 2.24 bits per heavy atom. The standard InChI is InChI=1S/C13H24ClN3/c1-3-12(2)17-10-7-13(16-17)11-15-9-6-4-5-8-14/h7,10,12,15H,3-6,8-9,11H2,1-2H3. The van der Waals surface area contributed by atoms with Crippen molar-refractivity contribution in [2.45, 2.75) is 52.1 Å². The highest BCUT2D eigenvalue weighted by atomic mass is 35.5. The van der Waals surface area contributed by atoms with Crippen LogP contribution < -0.4 is 5.32 Å². The fourth-order valence-corrected chi connectivity index (χ4v) is 1.83. The van der Waals surface area contributed by atoms with Gasteiger partial charge in [0.25, 0.3) is 0 Å². The van der Waals surface area contributed by atoms with E-state index in [4.69, 9.17) is 11.6 Å². The Morgan fingerprint density at radius 3 is 2.94 bits per heavy atom. The average molecular weight is 258 g/mol. The van der Waals surface area contributed by atoms with Crippen LogP contribution in [0.2, 0.25) is 0 Å². The first-order valence-corrected chi connectivity index (χ1v) is 7.12. The molecule has 0 saturated carbocycles. The fraction of sp³-hybridized carbons (Fsp3) is 0.769. The molecule has 0 aliphatic carbocycles. The van der Waals surface area contributed by atoms with E-state index in [0.29, 0.717) is 6.04 Å². The second kappa shape index (κ2) is 8.54. The van der Waals surface area contributed by atoms with Crippen LogP contribution in [0.3, 0.4) is 0 Å². The Balaban J connectivity index is 2.16. The van der Waals surface area contributed by atoms with Crippen LogP contribution in [-0.2, 0) is 6.54 Å². The lowest BCUT2D eigenvalue weighted by atomic mass is 10.2. The summed E-state index contributed by atoms with van der Waals surface area (Å²) in [5.74, 6) is 0.777. The van der Waals surface area contributed by atoms with Crippen molar-refractivity contribution >= 4 is 11.6 Å². The van der Waals surface area contributed by atoms with Gasteiger partial charge in [-0.3, -0.25) is 4.68 Å². The van der Waals surface area contributed by atoms with Gasteiger partial charge in [0.1, 0.15) is 0 Å². The van der Waals surface area contributed by atoms with Crippen molar-refractivity contribution in [1.82, 2.24) is 15.1 Å². The molecule has 0 amide bonds. The number of hydrogen-bond acceptors (Lipinski definition) is 2. The van der Waals surface area contributed by atoms with Crippen LogP contribution in [0.5, 0.6) is 0 Å². The first-order valence-electron chi connectivity index (χ1n) is 6.58. The van der Waals surface area contributed by atoms with Gasteiger partial charge < -0.3 is 5.32 Å². The number of nitrogens with zero attached hydrogens (tertiary/aromatic N) is 2. The minimum atomic E-state index is 0.493. The van der Waals surface area contributed by atoms with Crippen LogP contribution in [0.25, 0.3) is 0 Å². The molecule has 1 atom stereocenters. The minimum Gasteiger partial charge on any atom is -0.311 e. The monoisotopic (exact) mass is 257 g/mol. The lowest BCUT2D eigenvalue weighted by Crippen LogP contribution is -2.15. The predicted octanol–water partition coefficient (Wildman–Crippen LogP) is 3.35. The molecule has 1 N–H and O–H groups in total.